The van der Waals surface area contributed by atoms with E-state index in [2.05, 4.69) is 5.32 Å². The predicted molar refractivity (Wildman–Crippen MR) is 66.1 cm³/mol. The van der Waals surface area contributed by atoms with Crippen LogP contribution in [-0.2, 0) is 19.4 Å². The highest BCUT2D eigenvalue weighted by atomic mass is 32.2. The minimum atomic E-state index is -3.24. The first-order valence-electron chi connectivity index (χ1n) is 5.21. The van der Waals surface area contributed by atoms with Crippen molar-refractivity contribution in [3.63, 3.8) is 0 Å². The largest absolute Gasteiger partial charge is 0.480 e. The monoisotopic (exact) mass is 297 g/mol. The van der Waals surface area contributed by atoms with Gasteiger partial charge in [0.25, 0.3) is 0 Å². The number of aliphatic hydroxyl groups excluding tert-OH is 1. The molecule has 1 fully saturated rings. The number of rotatable bonds is 5. The molecule has 9 heteroatoms. The van der Waals surface area contributed by atoms with E-state index in [1.807, 2.05) is 0 Å². The molecule has 0 aromatic carbocycles. The highest BCUT2D eigenvalue weighted by Gasteiger charge is 2.37. The zero-order valence-corrected chi connectivity index (χ0v) is 11.3. The minimum absolute atomic E-state index is 0.0200. The summed E-state index contributed by atoms with van der Waals surface area (Å²) in [6.07, 6.45) is -0.980. The number of nitrogens with one attached hydrogen (secondary N) is 1. The smallest absolute Gasteiger partial charge is 0.327 e. The van der Waals surface area contributed by atoms with E-state index in [9.17, 15) is 23.1 Å². The third-order valence-corrected chi connectivity index (χ3v) is 5.79. The fraction of sp³-hybridized carbons (Fsp3) is 0.778. The van der Waals surface area contributed by atoms with Crippen molar-refractivity contribution >= 4 is 33.5 Å². The van der Waals surface area contributed by atoms with Crippen molar-refractivity contribution in [1.82, 2.24) is 5.32 Å². The summed E-state index contributed by atoms with van der Waals surface area (Å²) in [6, 6.07) is -1.08. The lowest BCUT2D eigenvalue weighted by Crippen LogP contribution is -2.42. The van der Waals surface area contributed by atoms with Crippen LogP contribution in [0.25, 0.3) is 0 Å². The second kappa shape index (κ2) is 5.89. The number of hydrogen-bond donors (Lipinski definition) is 3. The van der Waals surface area contributed by atoms with Crippen molar-refractivity contribution in [2.45, 2.75) is 24.3 Å². The molecule has 18 heavy (non-hydrogen) atoms. The van der Waals surface area contributed by atoms with Crippen molar-refractivity contribution in [3.05, 3.63) is 0 Å². The lowest BCUT2D eigenvalue weighted by molar-refractivity contribution is -0.140. The summed E-state index contributed by atoms with van der Waals surface area (Å²) >= 11 is 1.05. The Kier molecular flexibility index (Phi) is 5.00. The molecule has 3 atom stereocenters. The minimum Gasteiger partial charge on any atom is -0.480 e. The van der Waals surface area contributed by atoms with Gasteiger partial charge in [-0.15, -0.1) is 0 Å². The summed E-state index contributed by atoms with van der Waals surface area (Å²) in [4.78, 5) is 21.6. The average Bonchev–Trinajstić information content (AvgIpc) is 2.45. The van der Waals surface area contributed by atoms with E-state index in [-0.39, 0.29) is 17.3 Å². The van der Waals surface area contributed by atoms with E-state index in [1.54, 1.807) is 0 Å². The number of carbonyl (C=O) groups is 2. The van der Waals surface area contributed by atoms with Crippen LogP contribution in [0, 0.1) is 0 Å². The molecule has 0 spiro atoms. The van der Waals surface area contributed by atoms with Gasteiger partial charge in [0.1, 0.15) is 6.04 Å². The summed E-state index contributed by atoms with van der Waals surface area (Å²) in [5.41, 5.74) is 0. The molecular weight excluding hydrogens is 282 g/mol. The Morgan fingerprint density at radius 1 is 1.44 bits per heavy atom. The quantitative estimate of drug-likeness (QED) is 0.562. The van der Waals surface area contributed by atoms with E-state index in [4.69, 9.17) is 5.11 Å². The van der Waals surface area contributed by atoms with Crippen molar-refractivity contribution in [3.8, 4) is 0 Å². The summed E-state index contributed by atoms with van der Waals surface area (Å²) in [6.45, 7) is 1.20. The number of carboxylic acid groups (broad SMARTS) is 1. The van der Waals surface area contributed by atoms with Crippen molar-refractivity contribution < 1.29 is 28.2 Å². The maximum absolute atomic E-state index is 11.2. The van der Waals surface area contributed by atoms with Crippen LogP contribution in [0.15, 0.2) is 0 Å². The molecule has 104 valence electrons. The van der Waals surface area contributed by atoms with Gasteiger partial charge in [-0.3, -0.25) is 4.79 Å². The highest BCUT2D eigenvalue weighted by molar-refractivity contribution is 8.02. The normalized spacial score (nSPS) is 27.7. The number of aliphatic hydroxyl groups is 1. The standard InChI is InChI=1S/C9H15NO6S2/c1-5(11)10-6(9(13)14)2-17-8-4-18(15,16)3-7(8)12/h6-8,12H,2-4H2,1H3,(H,10,11)(H,13,14)/t6-,7?,8?/m0/s1. The van der Waals surface area contributed by atoms with Gasteiger partial charge in [-0.25, -0.2) is 13.2 Å². The van der Waals surface area contributed by atoms with Crippen LogP contribution in [0.4, 0.5) is 0 Å². The molecule has 1 aliphatic heterocycles. The predicted octanol–water partition coefficient (Wildman–Crippen LogP) is -1.53. The Morgan fingerprint density at radius 2 is 2.06 bits per heavy atom. The number of thioether (sulfide) groups is 1. The molecule has 1 rings (SSSR count). The summed E-state index contributed by atoms with van der Waals surface area (Å²) in [5, 5.41) is 20.1. The number of aliphatic carboxylic acids is 1. The van der Waals surface area contributed by atoms with Crippen molar-refractivity contribution in [1.29, 1.82) is 0 Å². The lowest BCUT2D eigenvalue weighted by atomic mass is 10.3. The number of carbonyl (C=O) groups excluding carboxylic acids is 1. The van der Waals surface area contributed by atoms with E-state index < -0.39 is 39.1 Å². The van der Waals surface area contributed by atoms with Gasteiger partial charge in [0, 0.05) is 17.9 Å². The number of carboxylic acids is 1. The number of hydrogen-bond acceptors (Lipinski definition) is 6. The first-order chi connectivity index (χ1) is 8.21. The van der Waals surface area contributed by atoms with Gasteiger partial charge in [-0.05, 0) is 0 Å². The maximum atomic E-state index is 11.2. The fourth-order valence-corrected chi connectivity index (χ4v) is 5.32. The first kappa shape index (κ1) is 15.3. The highest BCUT2D eigenvalue weighted by Crippen LogP contribution is 2.25. The molecule has 0 aliphatic carbocycles. The molecular formula is C9H15NO6S2. The van der Waals surface area contributed by atoms with Crippen LogP contribution in [0.5, 0.6) is 0 Å². The molecule has 1 heterocycles. The van der Waals surface area contributed by atoms with Gasteiger partial charge in [-0.2, -0.15) is 11.8 Å². The number of sulfone groups is 1. The number of amides is 1. The molecule has 0 aromatic heterocycles. The van der Waals surface area contributed by atoms with E-state index in [0.717, 1.165) is 11.8 Å². The summed E-state index contributed by atoms with van der Waals surface area (Å²) < 4.78 is 22.5. The van der Waals surface area contributed by atoms with Crippen molar-refractivity contribution in [2.24, 2.45) is 0 Å². The van der Waals surface area contributed by atoms with Gasteiger partial charge in [-0.1, -0.05) is 0 Å². The van der Waals surface area contributed by atoms with Gasteiger partial charge >= 0.3 is 5.97 Å². The van der Waals surface area contributed by atoms with E-state index in [0.29, 0.717) is 0 Å². The average molecular weight is 297 g/mol. The molecule has 1 amide bonds. The van der Waals surface area contributed by atoms with Crippen LogP contribution in [0.3, 0.4) is 0 Å². The third-order valence-electron chi connectivity index (χ3n) is 2.42. The Hall–Kier alpha value is -0.800. The SMILES string of the molecule is CC(=O)N[C@@H](CSC1CS(=O)(=O)CC1O)C(=O)O. The molecule has 0 saturated carbocycles. The van der Waals surface area contributed by atoms with Gasteiger partial charge < -0.3 is 15.5 Å². The molecule has 0 aromatic rings. The molecule has 0 radical (unpaired) electrons. The van der Waals surface area contributed by atoms with Gasteiger partial charge in [0.2, 0.25) is 5.91 Å². The first-order valence-corrected chi connectivity index (χ1v) is 8.08. The molecule has 3 N–H and O–H groups in total. The molecule has 0 bridgehead atoms. The van der Waals surface area contributed by atoms with Crippen LogP contribution in [0.1, 0.15) is 6.92 Å². The van der Waals surface area contributed by atoms with Gasteiger partial charge in [0.15, 0.2) is 9.84 Å². The summed E-state index contributed by atoms with van der Waals surface area (Å²) in [5.74, 6) is -2.09. The molecule has 1 saturated heterocycles. The molecule has 1 aliphatic rings. The third kappa shape index (κ3) is 4.46. The summed E-state index contributed by atoms with van der Waals surface area (Å²) in [7, 11) is -3.24. The van der Waals surface area contributed by atoms with Crippen LogP contribution < -0.4 is 5.32 Å². The van der Waals surface area contributed by atoms with E-state index in [1.165, 1.54) is 6.92 Å². The Bertz CT molecular complexity index is 434. The fourth-order valence-electron chi connectivity index (χ4n) is 1.60. The van der Waals surface area contributed by atoms with Crippen molar-refractivity contribution in [2.75, 3.05) is 17.3 Å². The van der Waals surface area contributed by atoms with Crippen LogP contribution in [-0.4, -0.2) is 65.2 Å². The maximum Gasteiger partial charge on any atom is 0.327 e. The topological polar surface area (TPSA) is 121 Å². The second-order valence-electron chi connectivity index (χ2n) is 4.11. The Balaban J connectivity index is 2.53. The van der Waals surface area contributed by atoms with Crippen LogP contribution >= 0.6 is 11.8 Å². The Morgan fingerprint density at radius 3 is 2.44 bits per heavy atom. The zero-order valence-electron chi connectivity index (χ0n) is 9.70. The second-order valence-corrected chi connectivity index (χ2v) is 7.53. The lowest BCUT2D eigenvalue weighted by Gasteiger charge is -2.16. The molecule has 7 nitrogen and oxygen atoms in total. The molecule has 2 unspecified atom stereocenters. The van der Waals surface area contributed by atoms with Gasteiger partial charge in [0.05, 0.1) is 17.6 Å². The van der Waals surface area contributed by atoms with E-state index >= 15 is 0 Å². The Labute approximate surface area is 109 Å². The zero-order chi connectivity index (χ0) is 13.9. The van der Waals surface area contributed by atoms with Crippen LogP contribution in [0.2, 0.25) is 0 Å².